The number of rotatable bonds is 8. The van der Waals surface area contributed by atoms with Crippen molar-refractivity contribution in [2.45, 2.75) is 6.04 Å². The first-order chi connectivity index (χ1) is 15.0. The molecule has 0 aromatic heterocycles. The summed E-state index contributed by atoms with van der Waals surface area (Å²) in [5.74, 6) is -0.352. The fourth-order valence-corrected chi connectivity index (χ4v) is 3.20. The van der Waals surface area contributed by atoms with Crippen molar-refractivity contribution in [3.05, 3.63) is 90.2 Å². The number of hydrogen-bond donors (Lipinski definition) is 2. The molecule has 2 amide bonds. The zero-order valence-electron chi connectivity index (χ0n) is 17.3. The van der Waals surface area contributed by atoms with E-state index in [4.69, 9.17) is 4.74 Å². The van der Waals surface area contributed by atoms with Crippen LogP contribution in [0.5, 0.6) is 5.75 Å². The number of hydrogen-bond acceptors (Lipinski definition) is 4. The Morgan fingerprint density at radius 1 is 0.935 bits per heavy atom. The van der Waals surface area contributed by atoms with Crippen LogP contribution in [-0.4, -0.2) is 37.4 Å². The Morgan fingerprint density at radius 3 is 2.32 bits per heavy atom. The SMILES string of the molecule is COc1cccc(NC(=O)[C@H](c2ccccc2)N(C)CC(=O)Nc2ccc(F)cc2)c1. The Bertz CT molecular complexity index is 1030. The molecule has 0 saturated carbocycles. The van der Waals surface area contributed by atoms with E-state index in [0.29, 0.717) is 17.1 Å². The second-order valence-electron chi connectivity index (χ2n) is 7.00. The maximum absolute atomic E-state index is 13.2. The maximum atomic E-state index is 13.2. The van der Waals surface area contributed by atoms with Gasteiger partial charge in [-0.05, 0) is 49.0 Å². The first-order valence-electron chi connectivity index (χ1n) is 9.72. The van der Waals surface area contributed by atoms with Gasteiger partial charge in [0.05, 0.1) is 13.7 Å². The van der Waals surface area contributed by atoms with Gasteiger partial charge in [0.2, 0.25) is 11.8 Å². The molecule has 0 unspecified atom stereocenters. The highest BCUT2D eigenvalue weighted by molar-refractivity contribution is 5.97. The van der Waals surface area contributed by atoms with Gasteiger partial charge in [0.1, 0.15) is 17.6 Å². The van der Waals surface area contributed by atoms with Crippen LogP contribution in [0.4, 0.5) is 15.8 Å². The van der Waals surface area contributed by atoms with Crippen LogP contribution in [0.1, 0.15) is 11.6 Å². The molecular weight excluding hydrogens is 397 g/mol. The van der Waals surface area contributed by atoms with Crippen molar-refractivity contribution >= 4 is 23.2 Å². The van der Waals surface area contributed by atoms with Crippen molar-refractivity contribution in [2.75, 3.05) is 31.3 Å². The molecular formula is C24H24FN3O3. The summed E-state index contributed by atoms with van der Waals surface area (Å²) < 4.78 is 18.3. The number of nitrogens with one attached hydrogen (secondary N) is 2. The molecule has 0 fully saturated rings. The molecule has 0 bridgehead atoms. The average molecular weight is 421 g/mol. The minimum atomic E-state index is -0.702. The Balaban J connectivity index is 1.75. The second kappa shape index (κ2) is 10.4. The number of halogens is 1. The molecule has 3 aromatic rings. The van der Waals surface area contributed by atoms with Gasteiger partial charge in [-0.15, -0.1) is 0 Å². The molecule has 0 aliphatic rings. The molecule has 0 heterocycles. The van der Waals surface area contributed by atoms with Crippen LogP contribution < -0.4 is 15.4 Å². The molecule has 0 saturated heterocycles. The molecule has 160 valence electrons. The number of benzene rings is 3. The highest BCUT2D eigenvalue weighted by atomic mass is 19.1. The summed E-state index contributed by atoms with van der Waals surface area (Å²) >= 11 is 0. The Labute approximate surface area is 180 Å². The largest absolute Gasteiger partial charge is 0.497 e. The van der Waals surface area contributed by atoms with Crippen LogP contribution in [0.2, 0.25) is 0 Å². The van der Waals surface area contributed by atoms with Crippen molar-refractivity contribution in [2.24, 2.45) is 0 Å². The normalized spacial score (nSPS) is 11.6. The van der Waals surface area contributed by atoms with Gasteiger partial charge in [0.15, 0.2) is 0 Å². The summed E-state index contributed by atoms with van der Waals surface area (Å²) in [6.45, 7) is -0.0392. The Morgan fingerprint density at radius 2 is 1.65 bits per heavy atom. The molecule has 0 aliphatic heterocycles. The molecule has 2 N–H and O–H groups in total. The van der Waals surface area contributed by atoms with Gasteiger partial charge < -0.3 is 15.4 Å². The van der Waals surface area contributed by atoms with Gasteiger partial charge in [-0.1, -0.05) is 36.4 Å². The number of nitrogens with zero attached hydrogens (tertiary/aromatic N) is 1. The van der Waals surface area contributed by atoms with E-state index < -0.39 is 6.04 Å². The quantitative estimate of drug-likeness (QED) is 0.575. The Kier molecular flexibility index (Phi) is 7.35. The van der Waals surface area contributed by atoms with Gasteiger partial charge in [-0.3, -0.25) is 14.5 Å². The summed E-state index contributed by atoms with van der Waals surface area (Å²) in [7, 11) is 3.26. The van der Waals surface area contributed by atoms with Crippen LogP contribution in [0.15, 0.2) is 78.9 Å². The smallest absolute Gasteiger partial charge is 0.246 e. The molecule has 0 spiro atoms. The van der Waals surface area contributed by atoms with Gasteiger partial charge in [-0.25, -0.2) is 4.39 Å². The minimum absolute atomic E-state index is 0.0392. The predicted molar refractivity (Wildman–Crippen MR) is 118 cm³/mol. The molecule has 0 aliphatic carbocycles. The predicted octanol–water partition coefficient (Wildman–Crippen LogP) is 4.08. The van der Waals surface area contributed by atoms with Crippen molar-refractivity contribution < 1.29 is 18.7 Å². The zero-order chi connectivity index (χ0) is 22.2. The summed E-state index contributed by atoms with van der Waals surface area (Å²) in [5, 5.41) is 5.61. The van der Waals surface area contributed by atoms with E-state index in [0.717, 1.165) is 5.56 Å². The van der Waals surface area contributed by atoms with Crippen molar-refractivity contribution in [3.8, 4) is 5.75 Å². The van der Waals surface area contributed by atoms with E-state index in [9.17, 15) is 14.0 Å². The van der Waals surface area contributed by atoms with Gasteiger partial charge in [0.25, 0.3) is 0 Å². The third kappa shape index (κ3) is 6.13. The fraction of sp³-hybridized carbons (Fsp3) is 0.167. The van der Waals surface area contributed by atoms with E-state index in [-0.39, 0.29) is 24.2 Å². The topological polar surface area (TPSA) is 70.7 Å². The van der Waals surface area contributed by atoms with Crippen molar-refractivity contribution in [3.63, 3.8) is 0 Å². The van der Waals surface area contributed by atoms with E-state index in [1.165, 1.54) is 24.3 Å². The van der Waals surface area contributed by atoms with Crippen molar-refractivity contribution in [1.82, 2.24) is 4.90 Å². The lowest BCUT2D eigenvalue weighted by atomic mass is 10.0. The van der Waals surface area contributed by atoms with Gasteiger partial charge in [0, 0.05) is 17.4 Å². The molecule has 7 heteroatoms. The minimum Gasteiger partial charge on any atom is -0.497 e. The molecule has 6 nitrogen and oxygen atoms in total. The number of methoxy groups -OCH3 is 1. The van der Waals surface area contributed by atoms with E-state index in [1.54, 1.807) is 43.3 Å². The standard InChI is InChI=1S/C24H24FN3O3/c1-28(16-22(29)26-19-13-11-18(25)12-14-19)23(17-7-4-3-5-8-17)24(30)27-20-9-6-10-21(15-20)31-2/h3-15,23H,16H2,1-2H3,(H,26,29)(H,27,30)/t23-/m0/s1. The zero-order valence-corrected chi connectivity index (χ0v) is 17.3. The van der Waals surface area contributed by atoms with E-state index in [1.807, 2.05) is 30.3 Å². The first-order valence-corrected chi connectivity index (χ1v) is 9.72. The van der Waals surface area contributed by atoms with E-state index >= 15 is 0 Å². The summed E-state index contributed by atoms with van der Waals surface area (Å²) in [6, 6.07) is 21.1. The van der Waals surface area contributed by atoms with Crippen LogP contribution in [0, 0.1) is 5.82 Å². The Hall–Kier alpha value is -3.71. The van der Waals surface area contributed by atoms with Crippen LogP contribution in [-0.2, 0) is 9.59 Å². The third-order valence-electron chi connectivity index (χ3n) is 4.66. The lowest BCUT2D eigenvalue weighted by Crippen LogP contribution is -2.39. The monoisotopic (exact) mass is 421 g/mol. The van der Waals surface area contributed by atoms with E-state index in [2.05, 4.69) is 10.6 Å². The first kappa shape index (κ1) is 22.0. The highest BCUT2D eigenvalue weighted by Gasteiger charge is 2.26. The maximum Gasteiger partial charge on any atom is 0.246 e. The molecule has 0 radical (unpaired) electrons. The molecule has 3 rings (SSSR count). The number of amides is 2. The van der Waals surface area contributed by atoms with Crippen LogP contribution in [0.25, 0.3) is 0 Å². The lowest BCUT2D eigenvalue weighted by molar-refractivity contribution is -0.123. The van der Waals surface area contributed by atoms with Crippen LogP contribution in [0.3, 0.4) is 0 Å². The number of anilines is 2. The molecule has 3 aromatic carbocycles. The number of carbonyl (C=O) groups is 2. The number of likely N-dealkylation sites (N-methyl/N-ethyl adjacent to an activating group) is 1. The summed E-state index contributed by atoms with van der Waals surface area (Å²) in [4.78, 5) is 27.3. The van der Waals surface area contributed by atoms with Crippen LogP contribution >= 0.6 is 0 Å². The molecule has 31 heavy (non-hydrogen) atoms. The molecule has 1 atom stereocenters. The van der Waals surface area contributed by atoms with Gasteiger partial charge in [-0.2, -0.15) is 0 Å². The average Bonchev–Trinajstić information content (AvgIpc) is 2.76. The highest BCUT2D eigenvalue weighted by Crippen LogP contribution is 2.23. The van der Waals surface area contributed by atoms with Gasteiger partial charge >= 0.3 is 0 Å². The lowest BCUT2D eigenvalue weighted by Gasteiger charge is -2.27. The number of carbonyl (C=O) groups excluding carboxylic acids is 2. The third-order valence-corrected chi connectivity index (χ3v) is 4.66. The summed E-state index contributed by atoms with van der Waals surface area (Å²) in [5.41, 5.74) is 1.83. The summed E-state index contributed by atoms with van der Waals surface area (Å²) in [6.07, 6.45) is 0. The van der Waals surface area contributed by atoms with Crippen molar-refractivity contribution in [1.29, 1.82) is 0 Å². The number of ether oxygens (including phenoxy) is 1. The fourth-order valence-electron chi connectivity index (χ4n) is 3.20. The second-order valence-corrected chi connectivity index (χ2v) is 7.00.